The zero-order valence-electron chi connectivity index (χ0n) is 10.7. The van der Waals surface area contributed by atoms with Gasteiger partial charge in [0.05, 0.1) is 0 Å². The molecule has 0 unspecified atom stereocenters. The standard InChI is InChI=1S/C14H17N3/c1-9-5-6-10(2)12(7-9)14-16-8-11(3)13(15-4)17-14/h5-8H,1-4H3,(H,15,16,17). The Bertz CT molecular complexity index is 547. The van der Waals surface area contributed by atoms with Crippen LogP contribution in [0.25, 0.3) is 11.4 Å². The number of aromatic nitrogens is 2. The molecule has 0 saturated carbocycles. The van der Waals surface area contributed by atoms with Crippen LogP contribution in [0.4, 0.5) is 5.82 Å². The molecule has 1 aromatic heterocycles. The normalized spacial score (nSPS) is 10.4. The van der Waals surface area contributed by atoms with Crippen molar-refractivity contribution < 1.29 is 0 Å². The largest absolute Gasteiger partial charge is 0.373 e. The third-order valence-corrected chi connectivity index (χ3v) is 2.84. The Morgan fingerprint density at radius 1 is 1.06 bits per heavy atom. The monoisotopic (exact) mass is 227 g/mol. The molecule has 0 saturated heterocycles. The molecule has 88 valence electrons. The minimum Gasteiger partial charge on any atom is -0.373 e. The lowest BCUT2D eigenvalue weighted by molar-refractivity contribution is 1.12. The Hall–Kier alpha value is -1.90. The van der Waals surface area contributed by atoms with Gasteiger partial charge in [-0.1, -0.05) is 17.7 Å². The number of hydrogen-bond acceptors (Lipinski definition) is 3. The first-order valence-electron chi connectivity index (χ1n) is 5.71. The van der Waals surface area contributed by atoms with Gasteiger partial charge in [-0.15, -0.1) is 0 Å². The van der Waals surface area contributed by atoms with Gasteiger partial charge in [0.2, 0.25) is 0 Å². The Morgan fingerprint density at radius 2 is 1.82 bits per heavy atom. The smallest absolute Gasteiger partial charge is 0.161 e. The van der Waals surface area contributed by atoms with E-state index < -0.39 is 0 Å². The number of benzene rings is 1. The molecule has 3 heteroatoms. The van der Waals surface area contributed by atoms with E-state index in [4.69, 9.17) is 0 Å². The Morgan fingerprint density at radius 3 is 2.53 bits per heavy atom. The third kappa shape index (κ3) is 2.28. The van der Waals surface area contributed by atoms with Crippen molar-refractivity contribution in [3.05, 3.63) is 41.1 Å². The van der Waals surface area contributed by atoms with Crippen LogP contribution in [0.5, 0.6) is 0 Å². The van der Waals surface area contributed by atoms with Crippen LogP contribution < -0.4 is 5.32 Å². The molecule has 1 heterocycles. The highest BCUT2D eigenvalue weighted by molar-refractivity contribution is 5.63. The second-order valence-corrected chi connectivity index (χ2v) is 4.29. The molecule has 0 spiro atoms. The van der Waals surface area contributed by atoms with Crippen LogP contribution >= 0.6 is 0 Å². The first-order chi connectivity index (χ1) is 8.11. The fourth-order valence-corrected chi connectivity index (χ4v) is 1.80. The summed E-state index contributed by atoms with van der Waals surface area (Å²) in [6.07, 6.45) is 1.86. The molecule has 0 bridgehead atoms. The molecule has 0 fully saturated rings. The fraction of sp³-hybridized carbons (Fsp3) is 0.286. The van der Waals surface area contributed by atoms with E-state index in [1.165, 1.54) is 11.1 Å². The maximum absolute atomic E-state index is 4.54. The van der Waals surface area contributed by atoms with Crippen molar-refractivity contribution in [2.24, 2.45) is 0 Å². The van der Waals surface area contributed by atoms with E-state index >= 15 is 0 Å². The number of rotatable bonds is 2. The molecule has 0 atom stereocenters. The van der Waals surface area contributed by atoms with Crippen LogP contribution in [-0.2, 0) is 0 Å². The van der Waals surface area contributed by atoms with Gasteiger partial charge in [0.1, 0.15) is 5.82 Å². The Kier molecular flexibility index (Phi) is 3.09. The highest BCUT2D eigenvalue weighted by Gasteiger charge is 2.07. The summed E-state index contributed by atoms with van der Waals surface area (Å²) in [5.74, 6) is 1.66. The van der Waals surface area contributed by atoms with E-state index in [9.17, 15) is 0 Å². The van der Waals surface area contributed by atoms with Gasteiger partial charge in [-0.25, -0.2) is 9.97 Å². The summed E-state index contributed by atoms with van der Waals surface area (Å²) in [7, 11) is 1.88. The van der Waals surface area contributed by atoms with Crippen LogP contribution in [0.1, 0.15) is 16.7 Å². The molecule has 3 nitrogen and oxygen atoms in total. The Balaban J connectivity index is 2.56. The number of aryl methyl sites for hydroxylation is 3. The van der Waals surface area contributed by atoms with Gasteiger partial charge in [0.15, 0.2) is 5.82 Å². The van der Waals surface area contributed by atoms with Crippen LogP contribution in [0, 0.1) is 20.8 Å². The van der Waals surface area contributed by atoms with E-state index in [0.29, 0.717) is 0 Å². The predicted molar refractivity (Wildman–Crippen MR) is 71.2 cm³/mol. The van der Waals surface area contributed by atoms with Crippen molar-refractivity contribution >= 4 is 5.82 Å². The molecule has 17 heavy (non-hydrogen) atoms. The van der Waals surface area contributed by atoms with Crippen LogP contribution in [0.15, 0.2) is 24.4 Å². The lowest BCUT2D eigenvalue weighted by atomic mass is 10.1. The molecular formula is C14H17N3. The summed E-state index contributed by atoms with van der Waals surface area (Å²) in [5.41, 5.74) is 4.57. The SMILES string of the molecule is CNc1nc(-c2cc(C)ccc2C)ncc1C. The second kappa shape index (κ2) is 4.53. The van der Waals surface area contributed by atoms with E-state index in [-0.39, 0.29) is 0 Å². The van der Waals surface area contributed by atoms with Crippen molar-refractivity contribution in [1.82, 2.24) is 9.97 Å². The number of nitrogens with zero attached hydrogens (tertiary/aromatic N) is 2. The summed E-state index contributed by atoms with van der Waals surface area (Å²) >= 11 is 0. The summed E-state index contributed by atoms with van der Waals surface area (Å²) in [4.78, 5) is 8.95. The maximum Gasteiger partial charge on any atom is 0.161 e. The lowest BCUT2D eigenvalue weighted by Crippen LogP contribution is -2.00. The van der Waals surface area contributed by atoms with Gasteiger partial charge in [0, 0.05) is 24.4 Å². The first kappa shape index (κ1) is 11.6. The summed E-state index contributed by atoms with van der Waals surface area (Å²) in [6, 6.07) is 6.33. The molecule has 1 aromatic carbocycles. The van der Waals surface area contributed by atoms with Gasteiger partial charge < -0.3 is 5.32 Å². The maximum atomic E-state index is 4.54. The van der Waals surface area contributed by atoms with Crippen molar-refractivity contribution in [2.75, 3.05) is 12.4 Å². The van der Waals surface area contributed by atoms with E-state index in [1.54, 1.807) is 0 Å². The van der Waals surface area contributed by atoms with Crippen LogP contribution in [-0.4, -0.2) is 17.0 Å². The van der Waals surface area contributed by atoms with E-state index in [2.05, 4.69) is 47.3 Å². The quantitative estimate of drug-likeness (QED) is 0.856. The average molecular weight is 227 g/mol. The van der Waals surface area contributed by atoms with Crippen molar-refractivity contribution in [3.8, 4) is 11.4 Å². The van der Waals surface area contributed by atoms with Crippen molar-refractivity contribution in [1.29, 1.82) is 0 Å². The highest BCUT2D eigenvalue weighted by Crippen LogP contribution is 2.23. The minimum atomic E-state index is 0.779. The summed E-state index contributed by atoms with van der Waals surface area (Å²) < 4.78 is 0. The van der Waals surface area contributed by atoms with E-state index in [0.717, 1.165) is 22.8 Å². The minimum absolute atomic E-state index is 0.779. The zero-order chi connectivity index (χ0) is 12.4. The first-order valence-corrected chi connectivity index (χ1v) is 5.71. The fourth-order valence-electron chi connectivity index (χ4n) is 1.80. The number of hydrogen-bond donors (Lipinski definition) is 1. The van der Waals surface area contributed by atoms with Crippen LogP contribution in [0.3, 0.4) is 0 Å². The molecule has 0 aliphatic carbocycles. The third-order valence-electron chi connectivity index (χ3n) is 2.84. The van der Waals surface area contributed by atoms with Crippen molar-refractivity contribution in [3.63, 3.8) is 0 Å². The molecule has 0 radical (unpaired) electrons. The average Bonchev–Trinajstić information content (AvgIpc) is 2.33. The van der Waals surface area contributed by atoms with Crippen molar-refractivity contribution in [2.45, 2.75) is 20.8 Å². The van der Waals surface area contributed by atoms with Crippen LogP contribution in [0.2, 0.25) is 0 Å². The predicted octanol–water partition coefficient (Wildman–Crippen LogP) is 3.11. The molecule has 2 aromatic rings. The van der Waals surface area contributed by atoms with Gasteiger partial charge in [-0.05, 0) is 32.4 Å². The molecule has 0 aliphatic heterocycles. The summed E-state index contributed by atoms with van der Waals surface area (Å²) in [5, 5.41) is 3.09. The molecule has 2 rings (SSSR count). The second-order valence-electron chi connectivity index (χ2n) is 4.29. The molecule has 0 aliphatic rings. The van der Waals surface area contributed by atoms with Gasteiger partial charge in [0.25, 0.3) is 0 Å². The summed E-state index contributed by atoms with van der Waals surface area (Å²) in [6.45, 7) is 6.16. The zero-order valence-corrected chi connectivity index (χ0v) is 10.7. The topological polar surface area (TPSA) is 37.8 Å². The van der Waals surface area contributed by atoms with Gasteiger partial charge >= 0.3 is 0 Å². The molecule has 0 amide bonds. The lowest BCUT2D eigenvalue weighted by Gasteiger charge is -2.09. The van der Waals surface area contributed by atoms with Gasteiger partial charge in [-0.2, -0.15) is 0 Å². The Labute approximate surface area is 102 Å². The van der Waals surface area contributed by atoms with Gasteiger partial charge in [-0.3, -0.25) is 0 Å². The molecule has 1 N–H and O–H groups in total. The highest BCUT2D eigenvalue weighted by atomic mass is 15.0. The molecular weight excluding hydrogens is 210 g/mol. The number of nitrogens with one attached hydrogen (secondary N) is 1. The number of anilines is 1. The van der Waals surface area contributed by atoms with E-state index in [1.807, 2.05) is 20.2 Å².